The van der Waals surface area contributed by atoms with Crippen LogP contribution in [0.1, 0.15) is 21.5 Å². The minimum absolute atomic E-state index is 0.118. The fourth-order valence-electron chi connectivity index (χ4n) is 2.07. The number of hydrogen-bond acceptors (Lipinski definition) is 7. The van der Waals surface area contributed by atoms with E-state index < -0.39 is 11.8 Å². The number of aromatic hydroxyl groups is 1. The molecule has 2 heterocycles. The molecule has 126 valence electrons. The Morgan fingerprint density at radius 3 is 2.85 bits per heavy atom. The van der Waals surface area contributed by atoms with Crippen LogP contribution >= 0.6 is 0 Å². The number of nitriles is 1. The van der Waals surface area contributed by atoms with Gasteiger partial charge in [-0.2, -0.15) is 15.3 Å². The lowest BCUT2D eigenvalue weighted by atomic mass is 10.1. The second-order valence-electron chi connectivity index (χ2n) is 5.08. The Morgan fingerprint density at radius 1 is 1.23 bits per heavy atom. The predicted octanol–water partition coefficient (Wildman–Crippen LogP) is 1.88. The monoisotopic (exact) mass is 344 g/mol. The van der Waals surface area contributed by atoms with E-state index in [9.17, 15) is 9.90 Å². The summed E-state index contributed by atoms with van der Waals surface area (Å²) in [4.78, 5) is 24.1. The average Bonchev–Trinajstić information content (AvgIpc) is 2.68. The molecule has 1 aromatic carbocycles. The molecule has 1 amide bonds. The summed E-state index contributed by atoms with van der Waals surface area (Å²) in [5, 5.41) is 22.6. The van der Waals surface area contributed by atoms with Crippen molar-refractivity contribution in [2.45, 2.75) is 0 Å². The molecule has 2 aromatic heterocycles. The van der Waals surface area contributed by atoms with Crippen molar-refractivity contribution in [3.63, 3.8) is 0 Å². The van der Waals surface area contributed by atoms with E-state index in [0.29, 0.717) is 16.8 Å². The highest BCUT2D eigenvalue weighted by atomic mass is 16.3. The zero-order valence-electron chi connectivity index (χ0n) is 13.4. The summed E-state index contributed by atoms with van der Waals surface area (Å²) in [5.41, 5.74) is 3.77. The molecule has 3 aromatic rings. The number of aromatic nitrogens is 3. The van der Waals surface area contributed by atoms with Crippen LogP contribution in [0.15, 0.2) is 60.0 Å². The van der Waals surface area contributed by atoms with Crippen molar-refractivity contribution >= 4 is 12.1 Å². The minimum atomic E-state index is -0.664. The van der Waals surface area contributed by atoms with E-state index in [0.717, 1.165) is 0 Å². The second kappa shape index (κ2) is 7.63. The van der Waals surface area contributed by atoms with Crippen molar-refractivity contribution in [2.75, 3.05) is 0 Å². The summed E-state index contributed by atoms with van der Waals surface area (Å²) >= 11 is 0. The van der Waals surface area contributed by atoms with Crippen LogP contribution in [0.4, 0.5) is 0 Å². The second-order valence-corrected chi connectivity index (χ2v) is 5.08. The number of carbonyl (C=O) groups excluding carboxylic acids is 1. The normalized spacial score (nSPS) is 10.4. The van der Waals surface area contributed by atoms with E-state index >= 15 is 0 Å². The lowest BCUT2D eigenvalue weighted by molar-refractivity contribution is 0.0951. The molecule has 0 unspecified atom stereocenters. The summed E-state index contributed by atoms with van der Waals surface area (Å²) in [7, 11) is 0. The largest absolute Gasteiger partial charge is 0.493 e. The van der Waals surface area contributed by atoms with Gasteiger partial charge in [-0.25, -0.2) is 10.4 Å². The molecule has 0 fully saturated rings. The van der Waals surface area contributed by atoms with Crippen LogP contribution in [0.25, 0.3) is 11.5 Å². The molecular weight excluding hydrogens is 332 g/mol. The average molecular weight is 344 g/mol. The number of nitrogens with one attached hydrogen (secondary N) is 1. The maximum atomic E-state index is 12.1. The van der Waals surface area contributed by atoms with E-state index in [1.54, 1.807) is 48.7 Å². The Hall–Kier alpha value is -4.12. The number of carbonyl (C=O) groups is 1. The fourth-order valence-corrected chi connectivity index (χ4v) is 2.07. The third-order valence-electron chi connectivity index (χ3n) is 3.30. The molecule has 8 heteroatoms. The molecule has 26 heavy (non-hydrogen) atoms. The summed E-state index contributed by atoms with van der Waals surface area (Å²) in [6.45, 7) is 0. The highest BCUT2D eigenvalue weighted by Gasteiger charge is 2.14. The van der Waals surface area contributed by atoms with E-state index in [1.165, 1.54) is 12.4 Å². The van der Waals surface area contributed by atoms with Crippen molar-refractivity contribution in [3.05, 3.63) is 71.5 Å². The molecule has 3 rings (SSSR count). The number of amides is 1. The minimum Gasteiger partial charge on any atom is -0.493 e. The van der Waals surface area contributed by atoms with Crippen LogP contribution in [-0.2, 0) is 0 Å². The van der Waals surface area contributed by atoms with Gasteiger partial charge in [0.2, 0.25) is 5.88 Å². The zero-order chi connectivity index (χ0) is 18.4. The van der Waals surface area contributed by atoms with E-state index in [1.807, 2.05) is 6.07 Å². The van der Waals surface area contributed by atoms with E-state index in [4.69, 9.17) is 5.26 Å². The van der Waals surface area contributed by atoms with Gasteiger partial charge in [0.1, 0.15) is 11.3 Å². The molecule has 0 spiro atoms. The van der Waals surface area contributed by atoms with Crippen LogP contribution in [0, 0.1) is 11.3 Å². The highest BCUT2D eigenvalue weighted by molar-refractivity contribution is 5.96. The molecule has 0 atom stereocenters. The molecule has 0 aliphatic rings. The van der Waals surface area contributed by atoms with E-state index in [2.05, 4.69) is 25.5 Å². The van der Waals surface area contributed by atoms with Crippen LogP contribution in [0.3, 0.4) is 0 Å². The Balaban J connectivity index is 1.72. The van der Waals surface area contributed by atoms with Gasteiger partial charge in [0, 0.05) is 12.4 Å². The van der Waals surface area contributed by atoms with Gasteiger partial charge in [-0.1, -0.05) is 18.2 Å². The first-order chi connectivity index (χ1) is 12.7. The molecule has 0 saturated carbocycles. The zero-order valence-corrected chi connectivity index (χ0v) is 13.4. The Kier molecular flexibility index (Phi) is 4.91. The van der Waals surface area contributed by atoms with Crippen molar-refractivity contribution < 1.29 is 9.90 Å². The quantitative estimate of drug-likeness (QED) is 0.550. The van der Waals surface area contributed by atoms with Gasteiger partial charge in [0.25, 0.3) is 5.91 Å². The summed E-state index contributed by atoms with van der Waals surface area (Å²) < 4.78 is 0. The number of hydrazone groups is 1. The van der Waals surface area contributed by atoms with Crippen molar-refractivity contribution in [3.8, 4) is 23.5 Å². The highest BCUT2D eigenvalue weighted by Crippen LogP contribution is 2.18. The number of pyridine rings is 1. The first-order valence-corrected chi connectivity index (χ1v) is 7.48. The van der Waals surface area contributed by atoms with Crippen LogP contribution in [-0.4, -0.2) is 32.2 Å². The standard InChI is InChI=1S/C18H12N6O2/c19-9-12-4-3-5-13(8-12)10-22-24-18(26)14-11-21-16(23-17(14)25)15-6-1-2-7-20-15/h1-8,10-11H,(H,24,26)(H,21,23,25). The molecule has 0 aliphatic heterocycles. The summed E-state index contributed by atoms with van der Waals surface area (Å²) in [6, 6.07) is 13.9. The van der Waals surface area contributed by atoms with Gasteiger partial charge in [-0.3, -0.25) is 9.78 Å². The summed E-state index contributed by atoms with van der Waals surface area (Å²) in [5.74, 6) is -0.931. The van der Waals surface area contributed by atoms with Gasteiger partial charge in [0.05, 0.1) is 17.8 Å². The molecule has 2 N–H and O–H groups in total. The smallest absolute Gasteiger partial charge is 0.278 e. The molecule has 0 saturated heterocycles. The van der Waals surface area contributed by atoms with Gasteiger partial charge in [-0.15, -0.1) is 0 Å². The Labute approximate surface area is 148 Å². The SMILES string of the molecule is N#Cc1cccc(C=NNC(=O)c2cnc(-c3ccccn3)nc2O)c1. The Morgan fingerprint density at radius 2 is 2.12 bits per heavy atom. The van der Waals surface area contributed by atoms with Crippen LogP contribution in [0.5, 0.6) is 5.88 Å². The number of hydrogen-bond donors (Lipinski definition) is 2. The third-order valence-corrected chi connectivity index (χ3v) is 3.30. The van der Waals surface area contributed by atoms with Crippen molar-refractivity contribution in [1.29, 1.82) is 5.26 Å². The molecule has 0 radical (unpaired) electrons. The number of rotatable bonds is 4. The predicted molar refractivity (Wildman–Crippen MR) is 93.1 cm³/mol. The number of nitrogens with zero attached hydrogens (tertiary/aromatic N) is 5. The van der Waals surface area contributed by atoms with Gasteiger partial charge in [-0.05, 0) is 29.8 Å². The molecule has 8 nitrogen and oxygen atoms in total. The summed E-state index contributed by atoms with van der Waals surface area (Å²) in [6.07, 6.45) is 4.17. The maximum absolute atomic E-state index is 12.1. The lowest BCUT2D eigenvalue weighted by Gasteiger charge is -2.04. The topological polar surface area (TPSA) is 124 Å². The third kappa shape index (κ3) is 3.85. The maximum Gasteiger partial charge on any atom is 0.278 e. The van der Waals surface area contributed by atoms with Crippen LogP contribution in [0.2, 0.25) is 0 Å². The van der Waals surface area contributed by atoms with Crippen molar-refractivity contribution in [2.24, 2.45) is 5.10 Å². The first-order valence-electron chi connectivity index (χ1n) is 7.48. The van der Waals surface area contributed by atoms with E-state index in [-0.39, 0.29) is 11.4 Å². The van der Waals surface area contributed by atoms with Crippen molar-refractivity contribution in [1.82, 2.24) is 20.4 Å². The van der Waals surface area contributed by atoms with Gasteiger partial charge < -0.3 is 5.11 Å². The molecule has 0 aliphatic carbocycles. The first kappa shape index (κ1) is 16.7. The van der Waals surface area contributed by atoms with Crippen LogP contribution < -0.4 is 5.43 Å². The Bertz CT molecular complexity index is 1010. The fraction of sp³-hybridized carbons (Fsp3) is 0. The lowest BCUT2D eigenvalue weighted by Crippen LogP contribution is -2.18. The number of benzene rings is 1. The molecule has 0 bridgehead atoms. The molecular formula is C18H12N6O2. The van der Waals surface area contributed by atoms with Gasteiger partial charge in [0.15, 0.2) is 5.82 Å². The van der Waals surface area contributed by atoms with Gasteiger partial charge >= 0.3 is 0 Å².